The quantitative estimate of drug-likeness (QED) is 0.856. The smallest absolute Gasteiger partial charge is 0.415 e. The molecule has 1 aromatic heterocycles. The van der Waals surface area contributed by atoms with E-state index in [0.29, 0.717) is 12.5 Å². The number of ether oxygens (including phenoxy) is 1. The highest BCUT2D eigenvalue weighted by molar-refractivity contribution is 5.88. The van der Waals surface area contributed by atoms with Gasteiger partial charge in [-0.1, -0.05) is 6.07 Å². The molecule has 0 saturated carbocycles. The van der Waals surface area contributed by atoms with E-state index in [-0.39, 0.29) is 12.2 Å². The summed E-state index contributed by atoms with van der Waals surface area (Å²) in [5.41, 5.74) is 1.08. The van der Waals surface area contributed by atoms with Crippen LogP contribution in [0.15, 0.2) is 18.2 Å². The lowest BCUT2D eigenvalue weighted by Crippen LogP contribution is -2.31. The van der Waals surface area contributed by atoms with E-state index in [2.05, 4.69) is 23.0 Å². The first-order valence-corrected chi connectivity index (χ1v) is 7.74. The Balaban J connectivity index is 1.67. The van der Waals surface area contributed by atoms with Gasteiger partial charge in [-0.05, 0) is 64.4 Å². The molecule has 2 saturated heterocycles. The molecule has 114 valence electrons. The minimum Gasteiger partial charge on any atom is -0.444 e. The van der Waals surface area contributed by atoms with Gasteiger partial charge in [-0.3, -0.25) is 4.90 Å². The topological polar surface area (TPSA) is 45.7 Å². The molecule has 2 fully saturated rings. The lowest BCUT2D eigenvalue weighted by Gasteiger charge is -2.28. The van der Waals surface area contributed by atoms with Crippen molar-refractivity contribution in [3.8, 4) is 0 Å². The van der Waals surface area contributed by atoms with Crippen molar-refractivity contribution in [1.82, 2.24) is 9.88 Å². The van der Waals surface area contributed by atoms with Gasteiger partial charge in [0.1, 0.15) is 11.9 Å². The van der Waals surface area contributed by atoms with Gasteiger partial charge in [0.2, 0.25) is 0 Å². The maximum absolute atomic E-state index is 11.8. The number of aromatic nitrogens is 1. The third-order valence-electron chi connectivity index (χ3n) is 4.37. The minimum atomic E-state index is -0.286. The number of rotatable bonds is 3. The van der Waals surface area contributed by atoms with Crippen molar-refractivity contribution in [2.75, 3.05) is 31.6 Å². The Morgan fingerprint density at radius 1 is 1.33 bits per heavy atom. The van der Waals surface area contributed by atoms with Crippen molar-refractivity contribution < 1.29 is 9.53 Å². The van der Waals surface area contributed by atoms with Crippen LogP contribution in [0, 0.1) is 5.92 Å². The molecule has 5 nitrogen and oxygen atoms in total. The summed E-state index contributed by atoms with van der Waals surface area (Å²) >= 11 is 0. The molecule has 21 heavy (non-hydrogen) atoms. The van der Waals surface area contributed by atoms with E-state index < -0.39 is 0 Å². The second kappa shape index (κ2) is 6.02. The maximum atomic E-state index is 11.8. The fourth-order valence-corrected chi connectivity index (χ4v) is 3.08. The number of carbonyl (C=O) groups is 1. The van der Waals surface area contributed by atoms with Gasteiger partial charge in [-0.25, -0.2) is 9.78 Å². The number of likely N-dealkylation sites (tertiary alicyclic amines) is 1. The lowest BCUT2D eigenvalue weighted by atomic mass is 9.92. The number of anilines is 1. The molecule has 5 heteroatoms. The van der Waals surface area contributed by atoms with E-state index in [1.54, 1.807) is 4.90 Å². The van der Waals surface area contributed by atoms with E-state index in [4.69, 9.17) is 4.74 Å². The van der Waals surface area contributed by atoms with Gasteiger partial charge in [0.15, 0.2) is 0 Å². The Morgan fingerprint density at radius 3 is 2.76 bits per heavy atom. The molecule has 0 radical (unpaired) electrons. The molecule has 1 unspecified atom stereocenters. The summed E-state index contributed by atoms with van der Waals surface area (Å²) in [5.74, 6) is 1.42. The van der Waals surface area contributed by atoms with E-state index in [0.717, 1.165) is 17.9 Å². The van der Waals surface area contributed by atoms with Gasteiger partial charge in [0.25, 0.3) is 0 Å². The zero-order valence-corrected chi connectivity index (χ0v) is 12.8. The van der Waals surface area contributed by atoms with E-state index in [1.807, 2.05) is 19.1 Å². The van der Waals surface area contributed by atoms with Crippen LogP contribution in [0.4, 0.5) is 10.6 Å². The molecule has 1 amide bonds. The predicted molar refractivity (Wildman–Crippen MR) is 81.5 cm³/mol. The fourth-order valence-electron chi connectivity index (χ4n) is 3.08. The van der Waals surface area contributed by atoms with Crippen LogP contribution in [0.3, 0.4) is 0 Å². The highest BCUT2D eigenvalue weighted by atomic mass is 16.6. The number of carbonyl (C=O) groups excluding carboxylic acids is 1. The molecule has 3 heterocycles. The Morgan fingerprint density at radius 2 is 2.10 bits per heavy atom. The van der Waals surface area contributed by atoms with Crippen LogP contribution in [0.2, 0.25) is 0 Å². The minimum absolute atomic E-state index is 0.0585. The van der Waals surface area contributed by atoms with Gasteiger partial charge in [0, 0.05) is 5.69 Å². The summed E-state index contributed by atoms with van der Waals surface area (Å²) in [6.45, 7) is 4.82. The van der Waals surface area contributed by atoms with Crippen molar-refractivity contribution in [2.24, 2.45) is 5.92 Å². The van der Waals surface area contributed by atoms with Crippen LogP contribution >= 0.6 is 0 Å². The van der Waals surface area contributed by atoms with Crippen molar-refractivity contribution in [3.05, 3.63) is 23.9 Å². The molecule has 3 rings (SSSR count). The Hall–Kier alpha value is -1.62. The van der Waals surface area contributed by atoms with Crippen LogP contribution in [0.25, 0.3) is 0 Å². The van der Waals surface area contributed by atoms with Gasteiger partial charge in [-0.15, -0.1) is 0 Å². The first-order valence-electron chi connectivity index (χ1n) is 7.74. The largest absolute Gasteiger partial charge is 0.444 e. The van der Waals surface area contributed by atoms with E-state index >= 15 is 0 Å². The van der Waals surface area contributed by atoms with Crippen LogP contribution in [0.1, 0.15) is 25.5 Å². The van der Waals surface area contributed by atoms with Crippen LogP contribution in [-0.2, 0) is 11.2 Å². The highest BCUT2D eigenvalue weighted by Crippen LogP contribution is 2.23. The van der Waals surface area contributed by atoms with Crippen molar-refractivity contribution in [3.63, 3.8) is 0 Å². The SMILES string of the molecule is CC1CN(c2cccc(CC3CCN(C)CC3)n2)C(=O)O1. The molecule has 1 atom stereocenters. The average molecular weight is 289 g/mol. The number of pyridine rings is 1. The zero-order valence-electron chi connectivity index (χ0n) is 12.8. The summed E-state index contributed by atoms with van der Waals surface area (Å²) in [4.78, 5) is 20.4. The van der Waals surface area contributed by atoms with Gasteiger partial charge in [-0.2, -0.15) is 0 Å². The Kier molecular flexibility index (Phi) is 4.10. The molecule has 0 spiro atoms. The third-order valence-corrected chi connectivity index (χ3v) is 4.37. The van der Waals surface area contributed by atoms with Crippen molar-refractivity contribution >= 4 is 11.9 Å². The molecule has 1 aromatic rings. The summed E-state index contributed by atoms with van der Waals surface area (Å²) in [7, 11) is 2.18. The normalized spacial score (nSPS) is 24.4. The van der Waals surface area contributed by atoms with Crippen molar-refractivity contribution in [1.29, 1.82) is 0 Å². The average Bonchev–Trinajstić information content (AvgIpc) is 2.81. The molecule has 0 aliphatic carbocycles. The second-order valence-corrected chi connectivity index (χ2v) is 6.24. The zero-order chi connectivity index (χ0) is 14.8. The molecule has 0 aromatic carbocycles. The third kappa shape index (κ3) is 3.35. The van der Waals surface area contributed by atoms with Gasteiger partial charge < -0.3 is 9.64 Å². The summed E-state index contributed by atoms with van der Waals surface area (Å²) < 4.78 is 5.17. The van der Waals surface area contributed by atoms with Crippen LogP contribution < -0.4 is 4.90 Å². The maximum Gasteiger partial charge on any atom is 0.415 e. The molecule has 0 bridgehead atoms. The summed E-state index contributed by atoms with van der Waals surface area (Å²) in [5, 5.41) is 0. The number of hydrogen-bond donors (Lipinski definition) is 0. The van der Waals surface area contributed by atoms with Crippen LogP contribution in [0.5, 0.6) is 0 Å². The second-order valence-electron chi connectivity index (χ2n) is 6.24. The standard InChI is InChI=1S/C16H23N3O2/c1-12-11-19(16(20)21-12)15-5-3-4-14(17-15)10-13-6-8-18(2)9-7-13/h3-5,12-13H,6-11H2,1-2H3. The fraction of sp³-hybridized carbons (Fsp3) is 0.625. The molecular formula is C16H23N3O2. The molecular weight excluding hydrogens is 266 g/mol. The number of hydrogen-bond acceptors (Lipinski definition) is 4. The first-order chi connectivity index (χ1) is 10.1. The number of amides is 1. The van der Waals surface area contributed by atoms with Crippen molar-refractivity contribution in [2.45, 2.75) is 32.3 Å². The number of cyclic esters (lactones) is 1. The van der Waals surface area contributed by atoms with Gasteiger partial charge in [0.05, 0.1) is 6.54 Å². The molecule has 2 aliphatic rings. The lowest BCUT2D eigenvalue weighted by molar-refractivity contribution is 0.150. The van der Waals surface area contributed by atoms with Gasteiger partial charge >= 0.3 is 6.09 Å². The highest BCUT2D eigenvalue weighted by Gasteiger charge is 2.30. The predicted octanol–water partition coefficient (Wildman–Crippen LogP) is 2.31. The van der Waals surface area contributed by atoms with E-state index in [9.17, 15) is 4.79 Å². The summed E-state index contributed by atoms with van der Waals surface area (Å²) in [6.07, 6.45) is 3.11. The Bertz CT molecular complexity index is 512. The van der Waals surface area contributed by atoms with E-state index in [1.165, 1.54) is 25.9 Å². The monoisotopic (exact) mass is 289 g/mol. The molecule has 0 N–H and O–H groups in total. The molecule has 2 aliphatic heterocycles. The number of nitrogens with zero attached hydrogens (tertiary/aromatic N) is 3. The Labute approximate surface area is 125 Å². The van der Waals surface area contributed by atoms with Crippen LogP contribution in [-0.4, -0.2) is 48.8 Å². The number of piperidine rings is 1. The first kappa shape index (κ1) is 14.3. The summed E-state index contributed by atoms with van der Waals surface area (Å²) in [6, 6.07) is 5.94.